The second-order valence-corrected chi connectivity index (χ2v) is 5.85. The highest BCUT2D eigenvalue weighted by Crippen LogP contribution is 2.23. The Labute approximate surface area is 157 Å². The molecular weight excluding hydrogens is 388 g/mol. The molecule has 0 aromatic rings. The zero-order valence-corrected chi connectivity index (χ0v) is 14.3. The Hall–Kier alpha value is -1.78. The fourth-order valence-corrected chi connectivity index (χ4v) is 2.53. The molecule has 10 atom stereocenters. The molecule has 28 heavy (non-hydrogen) atoms. The van der Waals surface area contributed by atoms with Gasteiger partial charge in [0.25, 0.3) is 0 Å². The minimum Gasteiger partial charge on any atom is -0.394 e. The Balaban J connectivity index is 0.000000280. The summed E-state index contributed by atoms with van der Waals surface area (Å²) in [4.78, 5) is 4.79. The molecule has 160 valence electrons. The molecular formula is C12H22N6O10. The van der Waals surface area contributed by atoms with Crippen LogP contribution in [-0.2, 0) is 9.47 Å². The van der Waals surface area contributed by atoms with Gasteiger partial charge in [0.15, 0.2) is 12.6 Å². The molecule has 16 heteroatoms. The van der Waals surface area contributed by atoms with Crippen LogP contribution in [0.4, 0.5) is 0 Å². The Kier molecular flexibility index (Phi) is 9.77. The van der Waals surface area contributed by atoms with E-state index in [1.807, 2.05) is 0 Å². The first-order valence-corrected chi connectivity index (χ1v) is 7.92. The molecule has 0 bridgehead atoms. The Morgan fingerprint density at radius 1 is 0.643 bits per heavy atom. The van der Waals surface area contributed by atoms with Crippen LogP contribution in [-0.4, -0.2) is 115 Å². The summed E-state index contributed by atoms with van der Waals surface area (Å²) < 4.78 is 9.43. The van der Waals surface area contributed by atoms with Crippen molar-refractivity contribution in [3.8, 4) is 0 Å². The molecule has 0 aromatic carbocycles. The Morgan fingerprint density at radius 2 is 0.964 bits per heavy atom. The number of ether oxygens (including phenoxy) is 2. The molecule has 0 amide bonds. The molecule has 0 aromatic heterocycles. The zero-order chi connectivity index (χ0) is 21.4. The van der Waals surface area contributed by atoms with Gasteiger partial charge in [-0.2, -0.15) is 0 Å². The normalized spacial score (nSPS) is 43.0. The van der Waals surface area contributed by atoms with Crippen LogP contribution in [0.5, 0.6) is 0 Å². The van der Waals surface area contributed by atoms with E-state index in [2.05, 4.69) is 20.1 Å². The largest absolute Gasteiger partial charge is 0.394 e. The van der Waals surface area contributed by atoms with Gasteiger partial charge in [0.1, 0.15) is 36.5 Å². The van der Waals surface area contributed by atoms with Gasteiger partial charge in [-0.25, -0.2) is 0 Å². The van der Waals surface area contributed by atoms with Crippen molar-refractivity contribution in [1.29, 1.82) is 0 Å². The number of hydrogen-bond donors (Lipinski definition) is 8. The number of hydrogen-bond acceptors (Lipinski definition) is 12. The molecule has 8 N–H and O–H groups in total. The first-order chi connectivity index (χ1) is 13.2. The molecule has 0 radical (unpaired) electrons. The second kappa shape index (κ2) is 11.3. The van der Waals surface area contributed by atoms with Crippen LogP contribution >= 0.6 is 0 Å². The summed E-state index contributed by atoms with van der Waals surface area (Å²) in [5.41, 5.74) is 16.2. The lowest BCUT2D eigenvalue weighted by molar-refractivity contribution is -0.248. The SMILES string of the molecule is [N-]=[N+]=N[C@H]1C(O)O[C@H](CO)[C@@H](O)[C@@H]1O.[N-]=[N+]=N[C@H]1C(O)O[C@H](CO)[C@H](O)[C@@H]1O. The predicted octanol–water partition coefficient (Wildman–Crippen LogP) is -3.81. The molecule has 0 aliphatic carbocycles. The molecule has 16 nitrogen and oxygen atoms in total. The third-order valence-corrected chi connectivity index (χ3v) is 4.10. The van der Waals surface area contributed by atoms with E-state index in [1.165, 1.54) is 0 Å². The number of nitrogens with zero attached hydrogens (tertiary/aromatic N) is 6. The van der Waals surface area contributed by atoms with E-state index < -0.39 is 74.5 Å². The summed E-state index contributed by atoms with van der Waals surface area (Å²) >= 11 is 0. The standard InChI is InChI=1S/2C6H11N3O5/c2*7-9-8-3-5(12)4(11)2(1-10)14-6(3)13/h2*2-6,10-13H,1H2/t2-,3-,4+,5-,6?;2-,3-,4-,5-,6?/m11/s1. The monoisotopic (exact) mass is 410 g/mol. The van der Waals surface area contributed by atoms with Crippen molar-refractivity contribution in [2.24, 2.45) is 10.2 Å². The second-order valence-electron chi connectivity index (χ2n) is 5.85. The average molecular weight is 410 g/mol. The highest BCUT2D eigenvalue weighted by molar-refractivity contribution is 4.93. The van der Waals surface area contributed by atoms with Crippen molar-refractivity contribution in [3.63, 3.8) is 0 Å². The number of aliphatic hydroxyl groups is 8. The summed E-state index contributed by atoms with van der Waals surface area (Å²) in [6, 6.07) is -2.53. The highest BCUT2D eigenvalue weighted by Gasteiger charge is 2.44. The first-order valence-electron chi connectivity index (χ1n) is 7.92. The van der Waals surface area contributed by atoms with E-state index in [-0.39, 0.29) is 0 Å². The molecule has 2 aliphatic heterocycles. The summed E-state index contributed by atoms with van der Waals surface area (Å²) in [6.45, 7) is -1.09. The molecule has 2 saturated heterocycles. The van der Waals surface area contributed by atoms with E-state index in [4.69, 9.17) is 30.7 Å². The molecule has 0 saturated carbocycles. The maximum absolute atomic E-state index is 9.37. The topological polar surface area (TPSA) is 278 Å². The highest BCUT2D eigenvalue weighted by atomic mass is 16.6. The van der Waals surface area contributed by atoms with Crippen molar-refractivity contribution >= 4 is 0 Å². The Bertz CT molecular complexity index is 537. The van der Waals surface area contributed by atoms with Gasteiger partial charge >= 0.3 is 0 Å². The smallest absolute Gasteiger partial charge is 0.166 e. The number of rotatable bonds is 4. The summed E-state index contributed by atoms with van der Waals surface area (Å²) in [5.74, 6) is 0. The van der Waals surface area contributed by atoms with Crippen LogP contribution in [0, 0.1) is 0 Å². The number of aliphatic hydroxyl groups excluding tert-OH is 8. The maximum Gasteiger partial charge on any atom is 0.166 e. The lowest BCUT2D eigenvalue weighted by Crippen LogP contribution is -2.57. The van der Waals surface area contributed by atoms with Crippen molar-refractivity contribution in [1.82, 2.24) is 0 Å². The minimum atomic E-state index is -1.53. The first kappa shape index (κ1) is 24.3. The molecule has 0 spiro atoms. The fourth-order valence-electron chi connectivity index (χ4n) is 2.53. The van der Waals surface area contributed by atoms with E-state index in [1.54, 1.807) is 0 Å². The van der Waals surface area contributed by atoms with E-state index in [9.17, 15) is 30.6 Å². The van der Waals surface area contributed by atoms with Crippen molar-refractivity contribution in [3.05, 3.63) is 20.9 Å². The fraction of sp³-hybridized carbons (Fsp3) is 1.00. The van der Waals surface area contributed by atoms with Crippen LogP contribution in [0.3, 0.4) is 0 Å². The molecule has 2 heterocycles. The van der Waals surface area contributed by atoms with Gasteiger partial charge in [-0.15, -0.1) is 0 Å². The van der Waals surface area contributed by atoms with Crippen molar-refractivity contribution in [2.75, 3.05) is 13.2 Å². The zero-order valence-electron chi connectivity index (χ0n) is 14.3. The quantitative estimate of drug-likeness (QED) is 0.127. The lowest BCUT2D eigenvalue weighted by Gasteiger charge is -2.37. The lowest BCUT2D eigenvalue weighted by atomic mass is 9.98. The van der Waals surface area contributed by atoms with Gasteiger partial charge < -0.3 is 50.3 Å². The third-order valence-electron chi connectivity index (χ3n) is 4.10. The average Bonchev–Trinajstić information content (AvgIpc) is 2.68. The molecule has 2 unspecified atom stereocenters. The third kappa shape index (κ3) is 5.62. The minimum absolute atomic E-state index is 0.543. The van der Waals surface area contributed by atoms with Crippen LogP contribution in [0.2, 0.25) is 0 Å². The van der Waals surface area contributed by atoms with Crippen molar-refractivity contribution in [2.45, 2.75) is 61.3 Å². The van der Waals surface area contributed by atoms with Gasteiger partial charge in [0.2, 0.25) is 0 Å². The van der Waals surface area contributed by atoms with Crippen LogP contribution in [0.25, 0.3) is 20.9 Å². The maximum atomic E-state index is 9.37. The van der Waals surface area contributed by atoms with E-state index >= 15 is 0 Å². The van der Waals surface area contributed by atoms with Crippen molar-refractivity contribution < 1.29 is 50.3 Å². The number of azide groups is 2. The summed E-state index contributed by atoms with van der Waals surface area (Å²) in [6.07, 6.45) is -10.9. The van der Waals surface area contributed by atoms with Gasteiger partial charge in [-0.1, -0.05) is 10.2 Å². The molecule has 2 fully saturated rings. The van der Waals surface area contributed by atoms with Gasteiger partial charge in [-0.05, 0) is 11.1 Å². The molecule has 2 aliphatic rings. The van der Waals surface area contributed by atoms with Gasteiger partial charge in [0.05, 0.1) is 25.4 Å². The Morgan fingerprint density at radius 3 is 1.21 bits per heavy atom. The van der Waals surface area contributed by atoms with Gasteiger partial charge in [0, 0.05) is 9.82 Å². The van der Waals surface area contributed by atoms with Crippen LogP contribution in [0.15, 0.2) is 10.2 Å². The van der Waals surface area contributed by atoms with E-state index in [0.29, 0.717) is 0 Å². The predicted molar refractivity (Wildman–Crippen MR) is 85.8 cm³/mol. The summed E-state index contributed by atoms with van der Waals surface area (Å²) in [7, 11) is 0. The molecule has 2 rings (SSSR count). The van der Waals surface area contributed by atoms with E-state index in [0.717, 1.165) is 0 Å². The summed E-state index contributed by atoms with van der Waals surface area (Å²) in [5, 5.41) is 79.4. The van der Waals surface area contributed by atoms with Crippen LogP contribution < -0.4 is 0 Å². The van der Waals surface area contributed by atoms with Crippen LogP contribution in [0.1, 0.15) is 0 Å². The van der Waals surface area contributed by atoms with Gasteiger partial charge in [-0.3, -0.25) is 0 Å².